The summed E-state index contributed by atoms with van der Waals surface area (Å²) in [5.41, 5.74) is 2.46. The number of carboxylic acids is 1. The fraction of sp³-hybridized carbons (Fsp3) is 0.588. The van der Waals surface area contributed by atoms with Crippen LogP contribution in [0, 0.1) is 5.92 Å². The van der Waals surface area contributed by atoms with E-state index in [0.717, 1.165) is 44.7 Å². The number of aliphatic carboxylic acids is 1. The Balaban J connectivity index is 2.07. The lowest BCUT2D eigenvalue weighted by atomic mass is 9.97. The van der Waals surface area contributed by atoms with Crippen LogP contribution >= 0.6 is 0 Å². The second kappa shape index (κ2) is 7.46. The molecule has 0 saturated carbocycles. The van der Waals surface area contributed by atoms with Crippen LogP contribution in [0.1, 0.15) is 32.3 Å². The summed E-state index contributed by atoms with van der Waals surface area (Å²) in [5.74, 6) is -0.899. The van der Waals surface area contributed by atoms with Crippen molar-refractivity contribution in [3.8, 4) is 0 Å². The molecule has 0 amide bonds. The van der Waals surface area contributed by atoms with E-state index in [2.05, 4.69) is 47.9 Å². The largest absolute Gasteiger partial charge is 0.481 e. The molecule has 1 saturated heterocycles. The summed E-state index contributed by atoms with van der Waals surface area (Å²) in [5, 5.41) is 9.21. The molecule has 1 atom stereocenters. The van der Waals surface area contributed by atoms with E-state index in [1.165, 1.54) is 5.56 Å². The zero-order chi connectivity index (χ0) is 15.2. The highest BCUT2D eigenvalue weighted by atomic mass is 16.4. The lowest BCUT2D eigenvalue weighted by Gasteiger charge is -2.33. The highest BCUT2D eigenvalue weighted by Crippen LogP contribution is 2.24. The maximum atomic E-state index is 11.2. The summed E-state index contributed by atoms with van der Waals surface area (Å²) in [6.45, 7) is 8.99. The minimum atomic E-state index is -0.668. The van der Waals surface area contributed by atoms with Crippen molar-refractivity contribution in [1.29, 1.82) is 0 Å². The van der Waals surface area contributed by atoms with Crippen molar-refractivity contribution in [1.82, 2.24) is 4.90 Å². The summed E-state index contributed by atoms with van der Waals surface area (Å²) in [6, 6.07) is 8.54. The van der Waals surface area contributed by atoms with Gasteiger partial charge in [-0.05, 0) is 43.6 Å². The smallest absolute Gasteiger partial charge is 0.308 e. The molecular weight excluding hydrogens is 264 g/mol. The van der Waals surface area contributed by atoms with E-state index >= 15 is 0 Å². The lowest BCUT2D eigenvalue weighted by molar-refractivity contribution is -0.141. The van der Waals surface area contributed by atoms with Crippen LogP contribution in [0.5, 0.6) is 0 Å². The molecule has 0 bridgehead atoms. The Hall–Kier alpha value is -1.55. The van der Waals surface area contributed by atoms with Gasteiger partial charge in [-0.1, -0.05) is 26.0 Å². The fourth-order valence-electron chi connectivity index (χ4n) is 2.97. The van der Waals surface area contributed by atoms with Crippen LogP contribution < -0.4 is 4.90 Å². The maximum absolute atomic E-state index is 11.2. The van der Waals surface area contributed by atoms with Gasteiger partial charge in [0.25, 0.3) is 0 Å². The molecule has 1 aliphatic rings. The molecule has 4 heteroatoms. The minimum Gasteiger partial charge on any atom is -0.481 e. The van der Waals surface area contributed by atoms with E-state index in [4.69, 9.17) is 0 Å². The first-order chi connectivity index (χ1) is 10.1. The summed E-state index contributed by atoms with van der Waals surface area (Å²) < 4.78 is 0. The normalized spacial score (nSPS) is 19.0. The van der Waals surface area contributed by atoms with Crippen LogP contribution in [0.25, 0.3) is 0 Å². The van der Waals surface area contributed by atoms with Crippen LogP contribution in [0.3, 0.4) is 0 Å². The molecule has 0 aliphatic carbocycles. The molecular formula is C17H26N2O2. The van der Waals surface area contributed by atoms with Crippen molar-refractivity contribution in [3.63, 3.8) is 0 Å². The maximum Gasteiger partial charge on any atom is 0.308 e. The quantitative estimate of drug-likeness (QED) is 0.875. The third-order valence-corrected chi connectivity index (χ3v) is 4.35. The third kappa shape index (κ3) is 4.21. The van der Waals surface area contributed by atoms with Crippen LogP contribution in [-0.4, -0.2) is 42.2 Å². The number of carboxylic acid groups (broad SMARTS) is 1. The highest BCUT2D eigenvalue weighted by molar-refractivity contribution is 5.71. The zero-order valence-corrected chi connectivity index (χ0v) is 13.1. The SMILES string of the molecule is CCN(CC)Cc1cccc(N2CCCC(C(=O)O)C2)c1. The second-order valence-electron chi connectivity index (χ2n) is 5.75. The minimum absolute atomic E-state index is 0.231. The predicted octanol–water partition coefficient (Wildman–Crippen LogP) is 2.83. The van der Waals surface area contributed by atoms with Crippen LogP contribution in [0.15, 0.2) is 24.3 Å². The summed E-state index contributed by atoms with van der Waals surface area (Å²) in [7, 11) is 0. The van der Waals surface area contributed by atoms with Gasteiger partial charge in [0.1, 0.15) is 0 Å². The van der Waals surface area contributed by atoms with Crippen LogP contribution in [0.2, 0.25) is 0 Å². The Morgan fingerprint density at radius 3 is 2.81 bits per heavy atom. The van der Waals surface area contributed by atoms with Crippen molar-refractivity contribution in [3.05, 3.63) is 29.8 Å². The third-order valence-electron chi connectivity index (χ3n) is 4.35. The van der Waals surface area contributed by atoms with Gasteiger partial charge in [-0.3, -0.25) is 9.69 Å². The van der Waals surface area contributed by atoms with Gasteiger partial charge in [0, 0.05) is 25.3 Å². The molecule has 1 N–H and O–H groups in total. The van der Waals surface area contributed by atoms with Gasteiger partial charge >= 0.3 is 5.97 Å². The van der Waals surface area contributed by atoms with Crippen LogP contribution in [0.4, 0.5) is 5.69 Å². The highest BCUT2D eigenvalue weighted by Gasteiger charge is 2.25. The molecule has 1 aromatic carbocycles. The van der Waals surface area contributed by atoms with Crippen molar-refractivity contribution in [2.75, 3.05) is 31.1 Å². The van der Waals surface area contributed by atoms with Gasteiger partial charge in [-0.25, -0.2) is 0 Å². The van der Waals surface area contributed by atoms with E-state index in [-0.39, 0.29) is 5.92 Å². The Labute approximate surface area is 127 Å². The molecule has 1 heterocycles. The van der Waals surface area contributed by atoms with E-state index in [1.54, 1.807) is 0 Å². The molecule has 0 radical (unpaired) electrons. The molecule has 2 rings (SSSR count). The average molecular weight is 290 g/mol. The summed E-state index contributed by atoms with van der Waals surface area (Å²) in [4.78, 5) is 15.8. The molecule has 1 unspecified atom stereocenters. The predicted molar refractivity (Wildman–Crippen MR) is 85.6 cm³/mol. The first kappa shape index (κ1) is 15.8. The topological polar surface area (TPSA) is 43.8 Å². The number of hydrogen-bond acceptors (Lipinski definition) is 3. The summed E-state index contributed by atoms with van der Waals surface area (Å²) in [6.07, 6.45) is 1.75. The number of carbonyl (C=O) groups is 1. The molecule has 116 valence electrons. The number of nitrogens with zero attached hydrogens (tertiary/aromatic N) is 2. The van der Waals surface area contributed by atoms with Crippen LogP contribution in [-0.2, 0) is 11.3 Å². The van der Waals surface area contributed by atoms with Crippen molar-refractivity contribution in [2.45, 2.75) is 33.2 Å². The Morgan fingerprint density at radius 1 is 1.38 bits per heavy atom. The molecule has 0 spiro atoms. The van der Waals surface area contributed by atoms with Gasteiger partial charge in [0.15, 0.2) is 0 Å². The molecule has 21 heavy (non-hydrogen) atoms. The van der Waals surface area contributed by atoms with E-state index in [9.17, 15) is 9.90 Å². The van der Waals surface area contributed by atoms with Gasteiger partial charge in [-0.15, -0.1) is 0 Å². The van der Waals surface area contributed by atoms with Crippen molar-refractivity contribution < 1.29 is 9.90 Å². The number of anilines is 1. The Bertz CT molecular complexity index is 472. The van der Waals surface area contributed by atoms with Crippen molar-refractivity contribution >= 4 is 11.7 Å². The molecule has 4 nitrogen and oxygen atoms in total. The monoisotopic (exact) mass is 290 g/mol. The van der Waals surface area contributed by atoms with E-state index in [0.29, 0.717) is 6.54 Å². The Kier molecular flexibility index (Phi) is 5.62. The lowest BCUT2D eigenvalue weighted by Crippen LogP contribution is -2.38. The van der Waals surface area contributed by atoms with Gasteiger partial charge in [-0.2, -0.15) is 0 Å². The fourth-order valence-corrected chi connectivity index (χ4v) is 2.97. The number of piperidine rings is 1. The molecule has 1 aromatic rings. The molecule has 1 fully saturated rings. The molecule has 0 aromatic heterocycles. The van der Waals surface area contributed by atoms with Crippen molar-refractivity contribution in [2.24, 2.45) is 5.92 Å². The van der Waals surface area contributed by atoms with E-state index < -0.39 is 5.97 Å². The first-order valence-corrected chi connectivity index (χ1v) is 7.93. The number of benzene rings is 1. The van der Waals surface area contributed by atoms with E-state index in [1.807, 2.05) is 0 Å². The Morgan fingerprint density at radius 2 is 2.14 bits per heavy atom. The van der Waals surface area contributed by atoms with Gasteiger partial charge in [0.05, 0.1) is 5.92 Å². The average Bonchev–Trinajstić information content (AvgIpc) is 2.53. The first-order valence-electron chi connectivity index (χ1n) is 7.93. The van der Waals surface area contributed by atoms with Gasteiger partial charge < -0.3 is 10.0 Å². The second-order valence-corrected chi connectivity index (χ2v) is 5.75. The number of hydrogen-bond donors (Lipinski definition) is 1. The van der Waals surface area contributed by atoms with Gasteiger partial charge in [0.2, 0.25) is 0 Å². The standard InChI is InChI=1S/C17H26N2O2/c1-3-18(4-2)12-14-7-5-9-16(11-14)19-10-6-8-15(13-19)17(20)21/h5,7,9,11,15H,3-4,6,8,10,12-13H2,1-2H3,(H,20,21). The zero-order valence-electron chi connectivity index (χ0n) is 13.1. The molecule has 1 aliphatic heterocycles. The summed E-state index contributed by atoms with van der Waals surface area (Å²) >= 11 is 0. The number of rotatable bonds is 6.